The van der Waals surface area contributed by atoms with Gasteiger partial charge in [0, 0.05) is 12.5 Å². The zero-order valence-corrected chi connectivity index (χ0v) is 15.3. The van der Waals surface area contributed by atoms with Crippen LogP contribution in [-0.4, -0.2) is 29.4 Å². The Morgan fingerprint density at radius 3 is 2.52 bits per heavy atom. The highest BCUT2D eigenvalue weighted by Gasteiger charge is 2.28. The molecule has 1 aliphatic heterocycles. The highest BCUT2D eigenvalue weighted by atomic mass is 32.1. The molecule has 6 nitrogen and oxygen atoms in total. The van der Waals surface area contributed by atoms with Gasteiger partial charge in [-0.05, 0) is 12.1 Å². The molecule has 27 heavy (non-hydrogen) atoms. The van der Waals surface area contributed by atoms with E-state index in [0.29, 0.717) is 27.2 Å². The lowest BCUT2D eigenvalue weighted by molar-refractivity contribution is -0.125. The average molecular weight is 380 g/mol. The molecule has 1 aromatic heterocycles. The van der Waals surface area contributed by atoms with Crippen molar-refractivity contribution < 1.29 is 19.1 Å². The summed E-state index contributed by atoms with van der Waals surface area (Å²) in [5, 5.41) is 3.09. The summed E-state index contributed by atoms with van der Waals surface area (Å²) < 4.78 is 11.3. The number of benzene rings is 2. The monoisotopic (exact) mass is 380 g/mol. The normalized spacial score (nSPS) is 15.2. The van der Waals surface area contributed by atoms with Crippen molar-refractivity contribution in [3.8, 4) is 22.8 Å². The molecule has 2 heterocycles. The summed E-state index contributed by atoms with van der Waals surface area (Å²) in [4.78, 5) is 29.5. The number of amides is 1. The number of fused-ring (bicyclic) bond motifs is 1. The van der Waals surface area contributed by atoms with Crippen LogP contribution in [-0.2, 0) is 4.79 Å². The molecule has 1 atom stereocenters. The van der Waals surface area contributed by atoms with Gasteiger partial charge in [0.1, 0.15) is 6.61 Å². The predicted octanol–water partition coefficient (Wildman–Crippen LogP) is 3.79. The van der Waals surface area contributed by atoms with E-state index in [4.69, 9.17) is 9.47 Å². The second kappa shape index (κ2) is 7.20. The number of hydrogen-bond donors (Lipinski definition) is 1. The number of anilines is 1. The minimum Gasteiger partial charge on any atom is -0.485 e. The van der Waals surface area contributed by atoms with Crippen molar-refractivity contribution in [2.24, 2.45) is 0 Å². The minimum atomic E-state index is -0.787. The molecule has 0 spiro atoms. The summed E-state index contributed by atoms with van der Waals surface area (Å²) in [5.41, 5.74) is 1.39. The first-order valence-electron chi connectivity index (χ1n) is 8.38. The van der Waals surface area contributed by atoms with Gasteiger partial charge >= 0.3 is 0 Å². The Morgan fingerprint density at radius 1 is 1.07 bits per heavy atom. The summed E-state index contributed by atoms with van der Waals surface area (Å²) in [6, 6.07) is 16.6. The molecule has 0 saturated heterocycles. The summed E-state index contributed by atoms with van der Waals surface area (Å²) >= 11 is 1.15. The van der Waals surface area contributed by atoms with Crippen molar-refractivity contribution in [3.05, 3.63) is 59.5 Å². The van der Waals surface area contributed by atoms with Crippen LogP contribution in [0.1, 0.15) is 16.6 Å². The van der Waals surface area contributed by atoms with Gasteiger partial charge in [0.2, 0.25) is 6.10 Å². The van der Waals surface area contributed by atoms with E-state index in [2.05, 4.69) is 10.3 Å². The molecule has 1 amide bonds. The van der Waals surface area contributed by atoms with E-state index in [-0.39, 0.29) is 18.3 Å². The van der Waals surface area contributed by atoms with Gasteiger partial charge in [-0.25, -0.2) is 4.98 Å². The van der Waals surface area contributed by atoms with Crippen molar-refractivity contribution in [3.63, 3.8) is 0 Å². The van der Waals surface area contributed by atoms with Gasteiger partial charge in [-0.2, -0.15) is 0 Å². The van der Waals surface area contributed by atoms with E-state index < -0.39 is 6.10 Å². The van der Waals surface area contributed by atoms with Gasteiger partial charge in [-0.3, -0.25) is 14.9 Å². The van der Waals surface area contributed by atoms with Crippen LogP contribution in [0.3, 0.4) is 0 Å². The standard InChI is InChI=1S/C20H16N2O4S/c1-12(23)18-17(13-7-3-2-4-8-13)21-20(27-18)22-19(24)16-11-25-14-9-5-6-10-15(14)26-16/h2-10,16H,11H2,1H3,(H,21,22,24). The Balaban J connectivity index is 1.55. The molecule has 7 heteroatoms. The van der Waals surface area contributed by atoms with Crippen molar-refractivity contribution in [1.29, 1.82) is 0 Å². The third-order valence-electron chi connectivity index (χ3n) is 4.03. The largest absolute Gasteiger partial charge is 0.485 e. The molecule has 1 unspecified atom stereocenters. The van der Waals surface area contributed by atoms with Crippen LogP contribution >= 0.6 is 11.3 Å². The van der Waals surface area contributed by atoms with Crippen LogP contribution < -0.4 is 14.8 Å². The van der Waals surface area contributed by atoms with Gasteiger partial charge in [-0.15, -0.1) is 0 Å². The van der Waals surface area contributed by atoms with Crippen molar-refractivity contribution >= 4 is 28.2 Å². The van der Waals surface area contributed by atoms with E-state index in [1.807, 2.05) is 42.5 Å². The average Bonchev–Trinajstić information content (AvgIpc) is 3.12. The SMILES string of the molecule is CC(=O)c1sc(NC(=O)C2COc3ccccc3O2)nc1-c1ccccc1. The van der Waals surface area contributed by atoms with Crippen LogP contribution in [0.25, 0.3) is 11.3 Å². The molecule has 1 aliphatic rings. The molecule has 0 aliphatic carbocycles. The maximum Gasteiger partial charge on any atom is 0.270 e. The van der Waals surface area contributed by atoms with Gasteiger partial charge in [0.05, 0.1) is 10.6 Å². The summed E-state index contributed by atoms with van der Waals surface area (Å²) in [6.07, 6.45) is -0.787. The number of nitrogens with zero attached hydrogens (tertiary/aromatic N) is 1. The Labute approximate surface area is 159 Å². The molecular weight excluding hydrogens is 364 g/mol. The van der Waals surface area contributed by atoms with Gasteiger partial charge in [0.15, 0.2) is 22.4 Å². The molecule has 0 saturated carbocycles. The number of nitrogens with one attached hydrogen (secondary N) is 1. The van der Waals surface area contributed by atoms with Gasteiger partial charge in [-0.1, -0.05) is 53.8 Å². The van der Waals surface area contributed by atoms with Crippen molar-refractivity contribution in [2.45, 2.75) is 13.0 Å². The van der Waals surface area contributed by atoms with E-state index >= 15 is 0 Å². The summed E-state index contributed by atoms with van der Waals surface area (Å²) in [6.45, 7) is 1.60. The quantitative estimate of drug-likeness (QED) is 0.697. The fourth-order valence-corrected chi connectivity index (χ4v) is 3.62. The molecule has 0 bridgehead atoms. The number of thiazole rings is 1. The van der Waals surface area contributed by atoms with Crippen LogP contribution in [0.2, 0.25) is 0 Å². The van der Waals surface area contributed by atoms with E-state index in [1.54, 1.807) is 12.1 Å². The Kier molecular flexibility index (Phi) is 4.60. The first-order valence-corrected chi connectivity index (χ1v) is 9.20. The fraction of sp³-hybridized carbons (Fsp3) is 0.150. The number of rotatable bonds is 4. The molecule has 0 radical (unpaired) electrons. The molecule has 4 rings (SSSR count). The second-order valence-electron chi connectivity index (χ2n) is 5.97. The Bertz CT molecular complexity index is 1000. The van der Waals surface area contributed by atoms with Gasteiger partial charge in [0.25, 0.3) is 5.91 Å². The van der Waals surface area contributed by atoms with Gasteiger partial charge < -0.3 is 9.47 Å². The van der Waals surface area contributed by atoms with Crippen LogP contribution in [0.4, 0.5) is 5.13 Å². The maximum atomic E-state index is 12.6. The van der Waals surface area contributed by atoms with Crippen molar-refractivity contribution in [2.75, 3.05) is 11.9 Å². The third kappa shape index (κ3) is 3.54. The Hall–Kier alpha value is -3.19. The number of carbonyl (C=O) groups is 2. The van der Waals surface area contributed by atoms with Crippen LogP contribution in [0, 0.1) is 0 Å². The lowest BCUT2D eigenvalue weighted by Gasteiger charge is -2.25. The number of ketones is 1. The molecule has 1 N–H and O–H groups in total. The summed E-state index contributed by atoms with van der Waals surface area (Å²) in [7, 11) is 0. The number of hydrogen-bond acceptors (Lipinski definition) is 6. The van der Waals surface area contributed by atoms with E-state index in [9.17, 15) is 9.59 Å². The minimum absolute atomic E-state index is 0.0990. The second-order valence-corrected chi connectivity index (χ2v) is 6.97. The molecule has 136 valence electrons. The molecule has 2 aromatic carbocycles. The zero-order chi connectivity index (χ0) is 18.8. The zero-order valence-electron chi connectivity index (χ0n) is 14.5. The van der Waals surface area contributed by atoms with E-state index in [0.717, 1.165) is 16.9 Å². The first kappa shape index (κ1) is 17.2. The number of aromatic nitrogens is 1. The lowest BCUT2D eigenvalue weighted by atomic mass is 10.1. The number of ether oxygens (including phenoxy) is 2. The summed E-state index contributed by atoms with van der Waals surface area (Å²) in [5.74, 6) is 0.671. The molecule has 3 aromatic rings. The van der Waals surface area contributed by atoms with Crippen LogP contribution in [0.5, 0.6) is 11.5 Å². The smallest absolute Gasteiger partial charge is 0.270 e. The topological polar surface area (TPSA) is 77.5 Å². The highest BCUT2D eigenvalue weighted by molar-refractivity contribution is 7.18. The maximum absolute atomic E-state index is 12.6. The number of carbonyl (C=O) groups excluding carboxylic acids is 2. The molecular formula is C20H16N2O4S. The fourth-order valence-electron chi connectivity index (χ4n) is 2.74. The highest BCUT2D eigenvalue weighted by Crippen LogP contribution is 2.33. The van der Waals surface area contributed by atoms with E-state index in [1.165, 1.54) is 6.92 Å². The number of Topliss-reactive ketones (excluding diaryl/α,β-unsaturated/α-hetero) is 1. The van der Waals surface area contributed by atoms with Crippen molar-refractivity contribution in [1.82, 2.24) is 4.98 Å². The first-order chi connectivity index (χ1) is 13.1. The number of para-hydroxylation sites is 2. The lowest BCUT2D eigenvalue weighted by Crippen LogP contribution is -2.40. The third-order valence-corrected chi connectivity index (χ3v) is 5.10. The predicted molar refractivity (Wildman–Crippen MR) is 103 cm³/mol. The Morgan fingerprint density at radius 2 is 1.78 bits per heavy atom. The van der Waals surface area contributed by atoms with Crippen LogP contribution in [0.15, 0.2) is 54.6 Å². The molecule has 0 fully saturated rings.